The zero-order valence-electron chi connectivity index (χ0n) is 18.9. The molecule has 0 radical (unpaired) electrons. The number of nitrogens with zero attached hydrogens (tertiary/aromatic N) is 3. The number of hydrogen-bond donors (Lipinski definition) is 0. The van der Waals surface area contributed by atoms with Gasteiger partial charge in [-0.3, -0.25) is 9.36 Å². The van der Waals surface area contributed by atoms with Crippen LogP contribution in [0.2, 0.25) is 0 Å². The van der Waals surface area contributed by atoms with E-state index in [9.17, 15) is 13.2 Å². The summed E-state index contributed by atoms with van der Waals surface area (Å²) < 4.78 is 27.9. The molecule has 0 N–H and O–H groups in total. The van der Waals surface area contributed by atoms with Crippen LogP contribution in [-0.2, 0) is 15.8 Å². The van der Waals surface area contributed by atoms with Crippen LogP contribution in [0.15, 0.2) is 81.6 Å². The summed E-state index contributed by atoms with van der Waals surface area (Å²) in [4.78, 5) is 18.6. The number of benzene rings is 3. The lowest BCUT2D eigenvalue weighted by Crippen LogP contribution is -2.23. The minimum absolute atomic E-state index is 0.121. The highest BCUT2D eigenvalue weighted by molar-refractivity contribution is 7.98. The average Bonchev–Trinajstić information content (AvgIpc) is 2.79. The highest BCUT2D eigenvalue weighted by Gasteiger charge is 2.19. The van der Waals surface area contributed by atoms with Crippen molar-refractivity contribution in [2.45, 2.75) is 29.7 Å². The van der Waals surface area contributed by atoms with E-state index in [0.717, 1.165) is 22.4 Å². The van der Waals surface area contributed by atoms with Crippen LogP contribution >= 0.6 is 11.8 Å². The standard InChI is InChI=1S/C25H25N3O3S2/c1-17-9-7-10-18(2)23(17)28-24(29)21-13-5-6-14-22(21)26-25(28)32-16-19-11-8-12-20(15-19)33(30,31)27(3)4/h5-15H,16H2,1-4H3. The van der Waals surface area contributed by atoms with Crippen molar-refractivity contribution in [2.75, 3.05) is 14.1 Å². The van der Waals surface area contributed by atoms with Crippen LogP contribution < -0.4 is 5.56 Å². The van der Waals surface area contributed by atoms with Crippen LogP contribution in [0.3, 0.4) is 0 Å². The summed E-state index contributed by atoms with van der Waals surface area (Å²) in [6.45, 7) is 3.96. The van der Waals surface area contributed by atoms with Gasteiger partial charge in [-0.15, -0.1) is 0 Å². The summed E-state index contributed by atoms with van der Waals surface area (Å²) in [6, 6.07) is 20.1. The molecule has 0 aliphatic heterocycles. The van der Waals surface area contributed by atoms with Gasteiger partial charge in [0.25, 0.3) is 5.56 Å². The Morgan fingerprint density at radius 3 is 2.30 bits per heavy atom. The van der Waals surface area contributed by atoms with Crippen LogP contribution in [-0.4, -0.2) is 36.4 Å². The van der Waals surface area contributed by atoms with Crippen molar-refractivity contribution in [3.63, 3.8) is 0 Å². The van der Waals surface area contributed by atoms with Gasteiger partial charge in [0.05, 0.1) is 21.5 Å². The lowest BCUT2D eigenvalue weighted by molar-refractivity contribution is 0.520. The van der Waals surface area contributed by atoms with E-state index in [2.05, 4.69) is 0 Å². The van der Waals surface area contributed by atoms with Crippen LogP contribution in [0.5, 0.6) is 0 Å². The summed E-state index contributed by atoms with van der Waals surface area (Å²) in [5.74, 6) is 0.465. The summed E-state index contributed by atoms with van der Waals surface area (Å²) in [6.07, 6.45) is 0. The Morgan fingerprint density at radius 2 is 1.61 bits per heavy atom. The van der Waals surface area contributed by atoms with Crippen molar-refractivity contribution in [2.24, 2.45) is 0 Å². The normalized spacial score (nSPS) is 11.9. The van der Waals surface area contributed by atoms with E-state index in [-0.39, 0.29) is 10.5 Å². The molecule has 0 atom stereocenters. The Kier molecular flexibility index (Phi) is 6.43. The van der Waals surface area contributed by atoms with E-state index in [1.165, 1.54) is 30.2 Å². The fourth-order valence-corrected chi connectivity index (χ4v) is 5.63. The van der Waals surface area contributed by atoms with Crippen LogP contribution in [0, 0.1) is 13.8 Å². The Labute approximate surface area is 198 Å². The van der Waals surface area contributed by atoms with Gasteiger partial charge in [0.2, 0.25) is 10.0 Å². The SMILES string of the molecule is Cc1cccc(C)c1-n1c(SCc2cccc(S(=O)(=O)N(C)C)c2)nc2ccccc2c1=O. The molecule has 0 saturated carbocycles. The minimum atomic E-state index is -3.53. The van der Waals surface area contributed by atoms with Gasteiger partial charge in [0.1, 0.15) is 0 Å². The highest BCUT2D eigenvalue weighted by Crippen LogP contribution is 2.28. The average molecular weight is 480 g/mol. The maximum absolute atomic E-state index is 13.6. The number of rotatable bonds is 6. The minimum Gasteiger partial charge on any atom is -0.268 e. The lowest BCUT2D eigenvalue weighted by atomic mass is 10.1. The molecule has 0 aliphatic rings. The monoisotopic (exact) mass is 479 g/mol. The fourth-order valence-electron chi connectivity index (χ4n) is 3.72. The largest absolute Gasteiger partial charge is 0.268 e. The molecule has 4 aromatic rings. The van der Waals surface area contributed by atoms with Gasteiger partial charge in [-0.1, -0.05) is 54.2 Å². The number of para-hydroxylation sites is 2. The number of aryl methyl sites for hydroxylation is 2. The van der Waals surface area contributed by atoms with Gasteiger partial charge < -0.3 is 0 Å². The third-order valence-electron chi connectivity index (χ3n) is 5.45. The smallest absolute Gasteiger partial charge is 0.266 e. The predicted octanol–water partition coefficient (Wildman–Crippen LogP) is 4.55. The highest BCUT2D eigenvalue weighted by atomic mass is 32.2. The first-order valence-corrected chi connectivity index (χ1v) is 12.9. The lowest BCUT2D eigenvalue weighted by Gasteiger charge is -2.17. The van der Waals surface area contributed by atoms with Crippen LogP contribution in [0.25, 0.3) is 16.6 Å². The molecule has 170 valence electrons. The number of sulfonamides is 1. The molecule has 4 rings (SSSR count). The quantitative estimate of drug-likeness (QED) is 0.300. The summed E-state index contributed by atoms with van der Waals surface area (Å²) >= 11 is 1.41. The van der Waals surface area contributed by atoms with Crippen molar-refractivity contribution >= 4 is 32.7 Å². The fraction of sp³-hybridized carbons (Fsp3) is 0.200. The Bertz CT molecular complexity index is 1490. The van der Waals surface area contributed by atoms with Crippen molar-refractivity contribution < 1.29 is 8.42 Å². The predicted molar refractivity (Wildman–Crippen MR) is 134 cm³/mol. The number of hydrogen-bond acceptors (Lipinski definition) is 5. The van der Waals surface area contributed by atoms with Gasteiger partial charge >= 0.3 is 0 Å². The van der Waals surface area contributed by atoms with Crippen LogP contribution in [0.1, 0.15) is 16.7 Å². The Balaban J connectivity index is 1.82. The molecule has 1 aromatic heterocycles. The summed E-state index contributed by atoms with van der Waals surface area (Å²) in [5, 5.41) is 1.13. The third kappa shape index (κ3) is 4.46. The number of aromatic nitrogens is 2. The second kappa shape index (κ2) is 9.13. The van der Waals surface area contributed by atoms with E-state index < -0.39 is 10.0 Å². The first-order valence-electron chi connectivity index (χ1n) is 10.4. The molecule has 0 amide bonds. The molecule has 0 saturated heterocycles. The van der Waals surface area contributed by atoms with Gasteiger partial charge in [0.15, 0.2) is 5.16 Å². The van der Waals surface area contributed by atoms with E-state index in [4.69, 9.17) is 4.98 Å². The van der Waals surface area contributed by atoms with E-state index in [0.29, 0.717) is 21.8 Å². The number of thioether (sulfide) groups is 1. The van der Waals surface area contributed by atoms with Gasteiger partial charge in [-0.2, -0.15) is 0 Å². The molecule has 3 aromatic carbocycles. The summed E-state index contributed by atoms with van der Waals surface area (Å²) in [7, 11) is -0.501. The maximum Gasteiger partial charge on any atom is 0.266 e. The molecule has 1 heterocycles. The Hall–Kier alpha value is -2.94. The topological polar surface area (TPSA) is 72.3 Å². The van der Waals surface area contributed by atoms with Gasteiger partial charge in [0, 0.05) is 19.8 Å². The molecular formula is C25H25N3O3S2. The number of fused-ring (bicyclic) bond motifs is 1. The van der Waals surface area contributed by atoms with Gasteiger partial charge in [-0.05, 0) is 54.8 Å². The van der Waals surface area contributed by atoms with E-state index in [1.54, 1.807) is 28.8 Å². The van der Waals surface area contributed by atoms with E-state index in [1.807, 2.05) is 56.3 Å². The van der Waals surface area contributed by atoms with Crippen molar-refractivity contribution in [3.8, 4) is 5.69 Å². The molecule has 0 bridgehead atoms. The van der Waals surface area contributed by atoms with Crippen molar-refractivity contribution in [1.29, 1.82) is 0 Å². The molecule has 0 unspecified atom stereocenters. The van der Waals surface area contributed by atoms with Crippen molar-refractivity contribution in [1.82, 2.24) is 13.9 Å². The Morgan fingerprint density at radius 1 is 0.939 bits per heavy atom. The molecule has 8 heteroatoms. The molecule has 0 aliphatic carbocycles. The first kappa shape index (κ1) is 23.2. The zero-order chi connectivity index (χ0) is 23.8. The third-order valence-corrected chi connectivity index (χ3v) is 8.27. The zero-order valence-corrected chi connectivity index (χ0v) is 20.6. The molecule has 6 nitrogen and oxygen atoms in total. The van der Waals surface area contributed by atoms with Crippen molar-refractivity contribution in [3.05, 3.63) is 93.8 Å². The molecule has 0 spiro atoms. The van der Waals surface area contributed by atoms with E-state index >= 15 is 0 Å². The molecule has 33 heavy (non-hydrogen) atoms. The molecular weight excluding hydrogens is 454 g/mol. The molecule has 0 fully saturated rings. The van der Waals surface area contributed by atoms with Gasteiger partial charge in [-0.25, -0.2) is 17.7 Å². The second-order valence-corrected chi connectivity index (χ2v) is 11.1. The summed E-state index contributed by atoms with van der Waals surface area (Å²) in [5.41, 5.74) is 4.14. The maximum atomic E-state index is 13.6. The second-order valence-electron chi connectivity index (χ2n) is 8.02. The first-order chi connectivity index (χ1) is 15.7. The van der Waals surface area contributed by atoms with Crippen LogP contribution in [0.4, 0.5) is 0 Å².